The monoisotopic (exact) mass is 311 g/mol. The van der Waals surface area contributed by atoms with Crippen molar-refractivity contribution in [2.24, 2.45) is 0 Å². The average Bonchev–Trinajstić information content (AvgIpc) is 2.45. The Morgan fingerprint density at radius 3 is 2.81 bits per heavy atom. The van der Waals surface area contributed by atoms with Gasteiger partial charge in [0.25, 0.3) is 0 Å². The number of benzene rings is 1. The minimum Gasteiger partial charge on any atom is -0.384 e. The standard InChI is InChI=1S/C15H18FNO3S/c1-12-5-2-3-9-17(12)21(19,20)15-8-7-13(6-4-10-18)11-14(15)16/h7-8,11-12,18H,2-3,5,9-10H2,1H3. The number of hydrogen-bond acceptors (Lipinski definition) is 3. The van der Waals surface area contributed by atoms with Crippen LogP contribution < -0.4 is 0 Å². The fourth-order valence-corrected chi connectivity index (χ4v) is 4.23. The van der Waals surface area contributed by atoms with Gasteiger partial charge < -0.3 is 5.11 Å². The summed E-state index contributed by atoms with van der Waals surface area (Å²) >= 11 is 0. The Kier molecular flexibility index (Phi) is 4.99. The summed E-state index contributed by atoms with van der Waals surface area (Å²) in [6.45, 7) is 1.94. The van der Waals surface area contributed by atoms with Crippen LogP contribution in [0.3, 0.4) is 0 Å². The summed E-state index contributed by atoms with van der Waals surface area (Å²) in [6, 6.07) is 3.67. The van der Waals surface area contributed by atoms with Gasteiger partial charge in [0, 0.05) is 18.2 Å². The first-order valence-corrected chi connectivity index (χ1v) is 8.32. The fraction of sp³-hybridized carbons (Fsp3) is 0.467. The molecule has 0 amide bonds. The smallest absolute Gasteiger partial charge is 0.246 e. The van der Waals surface area contributed by atoms with Gasteiger partial charge in [0.1, 0.15) is 17.3 Å². The summed E-state index contributed by atoms with van der Waals surface area (Å²) in [5.74, 6) is 4.15. The van der Waals surface area contributed by atoms with Crippen molar-refractivity contribution in [2.45, 2.75) is 37.1 Å². The summed E-state index contributed by atoms with van der Waals surface area (Å²) in [4.78, 5) is -0.314. The van der Waals surface area contributed by atoms with E-state index in [0.29, 0.717) is 12.1 Å². The van der Waals surface area contributed by atoms with Crippen molar-refractivity contribution >= 4 is 10.0 Å². The van der Waals surface area contributed by atoms with Gasteiger partial charge in [-0.05, 0) is 38.0 Å². The molecule has 21 heavy (non-hydrogen) atoms. The van der Waals surface area contributed by atoms with Crippen molar-refractivity contribution in [1.29, 1.82) is 0 Å². The predicted molar refractivity (Wildman–Crippen MR) is 77.6 cm³/mol. The zero-order chi connectivity index (χ0) is 15.5. The Bertz CT molecular complexity index is 676. The maximum absolute atomic E-state index is 14.1. The molecule has 4 nitrogen and oxygen atoms in total. The molecule has 6 heteroatoms. The summed E-state index contributed by atoms with van der Waals surface area (Å²) in [5.41, 5.74) is 0.340. The van der Waals surface area contributed by atoms with E-state index >= 15 is 0 Å². The molecule has 1 N–H and O–H groups in total. The highest BCUT2D eigenvalue weighted by atomic mass is 32.2. The van der Waals surface area contributed by atoms with E-state index in [1.54, 1.807) is 0 Å². The molecule has 2 rings (SSSR count). The van der Waals surface area contributed by atoms with Crippen LogP contribution in [-0.4, -0.2) is 37.0 Å². The number of hydrogen-bond donors (Lipinski definition) is 1. The number of rotatable bonds is 2. The zero-order valence-electron chi connectivity index (χ0n) is 11.8. The fourth-order valence-electron chi connectivity index (χ4n) is 2.48. The van der Waals surface area contributed by atoms with Crippen LogP contribution in [0, 0.1) is 17.7 Å². The lowest BCUT2D eigenvalue weighted by atomic mass is 10.1. The molecule has 1 aromatic carbocycles. The molecule has 0 radical (unpaired) electrons. The van der Waals surface area contributed by atoms with E-state index in [1.807, 2.05) is 6.92 Å². The second-order valence-corrected chi connectivity index (χ2v) is 6.92. The molecule has 1 atom stereocenters. The van der Waals surface area contributed by atoms with Crippen LogP contribution in [0.1, 0.15) is 31.7 Å². The number of nitrogens with zero attached hydrogens (tertiary/aromatic N) is 1. The quantitative estimate of drug-likeness (QED) is 0.846. The molecule has 1 aliphatic rings. The van der Waals surface area contributed by atoms with E-state index < -0.39 is 15.8 Å². The van der Waals surface area contributed by atoms with E-state index in [4.69, 9.17) is 5.11 Å². The molecule has 0 spiro atoms. The van der Waals surface area contributed by atoms with Crippen molar-refractivity contribution in [3.8, 4) is 11.8 Å². The van der Waals surface area contributed by atoms with E-state index in [9.17, 15) is 12.8 Å². The summed E-state index contributed by atoms with van der Waals surface area (Å²) < 4.78 is 40.6. The van der Waals surface area contributed by atoms with Gasteiger partial charge in [-0.25, -0.2) is 12.8 Å². The average molecular weight is 311 g/mol. The molecule has 1 aromatic rings. The van der Waals surface area contributed by atoms with Gasteiger partial charge in [0.2, 0.25) is 10.0 Å². The van der Waals surface area contributed by atoms with Gasteiger partial charge >= 0.3 is 0 Å². The second-order valence-electron chi connectivity index (χ2n) is 5.07. The first kappa shape index (κ1) is 16.0. The normalized spacial score (nSPS) is 19.9. The van der Waals surface area contributed by atoms with Crippen LogP contribution >= 0.6 is 0 Å². The zero-order valence-corrected chi connectivity index (χ0v) is 12.7. The number of aliphatic hydroxyl groups is 1. The lowest BCUT2D eigenvalue weighted by Gasteiger charge is -2.32. The maximum Gasteiger partial charge on any atom is 0.246 e. The number of sulfonamides is 1. The first-order valence-electron chi connectivity index (χ1n) is 6.88. The van der Waals surface area contributed by atoms with E-state index in [0.717, 1.165) is 25.3 Å². The highest BCUT2D eigenvalue weighted by molar-refractivity contribution is 7.89. The Morgan fingerprint density at radius 2 is 2.19 bits per heavy atom. The van der Waals surface area contributed by atoms with E-state index in [2.05, 4.69) is 11.8 Å². The van der Waals surface area contributed by atoms with Crippen LogP contribution in [0.4, 0.5) is 4.39 Å². The molecule has 0 bridgehead atoms. The number of aliphatic hydroxyl groups excluding tert-OH is 1. The van der Waals surface area contributed by atoms with Crippen LogP contribution in [0.5, 0.6) is 0 Å². The van der Waals surface area contributed by atoms with Crippen molar-refractivity contribution in [2.75, 3.05) is 13.2 Å². The van der Waals surface area contributed by atoms with Crippen molar-refractivity contribution in [3.63, 3.8) is 0 Å². The molecule has 0 aliphatic carbocycles. The second kappa shape index (κ2) is 6.56. The van der Waals surface area contributed by atoms with Gasteiger partial charge in [0.05, 0.1) is 0 Å². The lowest BCUT2D eigenvalue weighted by molar-refractivity contribution is 0.268. The third-order valence-electron chi connectivity index (χ3n) is 3.57. The molecular formula is C15H18FNO3S. The molecule has 1 aliphatic heterocycles. The third-order valence-corrected chi connectivity index (χ3v) is 5.62. The van der Waals surface area contributed by atoms with Crippen molar-refractivity contribution in [1.82, 2.24) is 4.31 Å². The molecule has 0 aromatic heterocycles. The predicted octanol–water partition coefficient (Wildman–Crippen LogP) is 1.73. The minimum absolute atomic E-state index is 0.114. The van der Waals surface area contributed by atoms with Crippen molar-refractivity contribution in [3.05, 3.63) is 29.6 Å². The molecule has 1 unspecified atom stereocenters. The Balaban J connectivity index is 2.36. The highest BCUT2D eigenvalue weighted by Gasteiger charge is 2.32. The van der Waals surface area contributed by atoms with Gasteiger partial charge in [-0.2, -0.15) is 4.31 Å². The molecule has 114 valence electrons. The first-order chi connectivity index (χ1) is 9.96. The SMILES string of the molecule is CC1CCCCN1S(=O)(=O)c1ccc(C#CCO)cc1F. The summed E-state index contributed by atoms with van der Waals surface area (Å²) in [7, 11) is -3.82. The van der Waals surface area contributed by atoms with E-state index in [1.165, 1.54) is 16.4 Å². The third kappa shape index (κ3) is 3.43. The van der Waals surface area contributed by atoms with Gasteiger partial charge in [0.15, 0.2) is 0 Å². The molecular weight excluding hydrogens is 293 g/mol. The Hall–Kier alpha value is -1.42. The Labute approximate surface area is 124 Å². The number of piperidine rings is 1. The van der Waals surface area contributed by atoms with Crippen LogP contribution in [0.2, 0.25) is 0 Å². The molecule has 1 heterocycles. The van der Waals surface area contributed by atoms with Crippen LogP contribution in [0.15, 0.2) is 23.1 Å². The number of halogens is 1. The molecule has 1 fully saturated rings. The van der Waals surface area contributed by atoms with Crippen LogP contribution in [-0.2, 0) is 10.0 Å². The topological polar surface area (TPSA) is 57.6 Å². The molecule has 1 saturated heterocycles. The minimum atomic E-state index is -3.82. The van der Waals surface area contributed by atoms with Gasteiger partial charge in [-0.1, -0.05) is 18.3 Å². The Morgan fingerprint density at radius 1 is 1.43 bits per heavy atom. The van der Waals surface area contributed by atoms with Crippen LogP contribution in [0.25, 0.3) is 0 Å². The highest BCUT2D eigenvalue weighted by Crippen LogP contribution is 2.26. The van der Waals surface area contributed by atoms with Gasteiger partial charge in [-0.3, -0.25) is 0 Å². The maximum atomic E-state index is 14.1. The summed E-state index contributed by atoms with van der Waals surface area (Å²) in [5, 5.41) is 8.61. The summed E-state index contributed by atoms with van der Waals surface area (Å²) in [6.07, 6.45) is 2.58. The largest absolute Gasteiger partial charge is 0.384 e. The molecule has 0 saturated carbocycles. The lowest BCUT2D eigenvalue weighted by Crippen LogP contribution is -2.42. The van der Waals surface area contributed by atoms with Crippen molar-refractivity contribution < 1.29 is 17.9 Å². The van der Waals surface area contributed by atoms with Gasteiger partial charge in [-0.15, -0.1) is 0 Å². The van der Waals surface area contributed by atoms with E-state index in [-0.39, 0.29) is 17.5 Å².